The first kappa shape index (κ1) is 19.2. The Labute approximate surface area is 133 Å². The largest absolute Gasteiger partial charge is 0.414 e. The van der Waals surface area contributed by atoms with Crippen molar-refractivity contribution in [3.63, 3.8) is 0 Å². The highest BCUT2D eigenvalue weighted by Gasteiger charge is 2.31. The fraction of sp³-hybridized carbons (Fsp3) is 1.00. The number of rotatable bonds is 5. The maximum Gasteiger partial charge on any atom is 0.192 e. The number of aliphatic hydroxyl groups is 1. The molecule has 126 valence electrons. The van der Waals surface area contributed by atoms with Gasteiger partial charge < -0.3 is 9.53 Å². The quantitative estimate of drug-likeness (QED) is 0.664. The minimum Gasteiger partial charge on any atom is -0.414 e. The second-order valence-corrected chi connectivity index (χ2v) is 11.6. The summed E-state index contributed by atoms with van der Waals surface area (Å²) in [6.07, 6.45) is 12.4. The second-order valence-electron chi connectivity index (χ2n) is 6.91. The van der Waals surface area contributed by atoms with E-state index in [9.17, 15) is 5.11 Å². The van der Waals surface area contributed by atoms with Crippen molar-refractivity contribution < 1.29 is 9.53 Å². The summed E-state index contributed by atoms with van der Waals surface area (Å²) in [5.74, 6) is 0. The van der Waals surface area contributed by atoms with Crippen LogP contribution in [0.4, 0.5) is 0 Å². The van der Waals surface area contributed by atoms with Crippen molar-refractivity contribution in [3.05, 3.63) is 0 Å². The zero-order valence-electron chi connectivity index (χ0n) is 14.7. The fourth-order valence-corrected chi connectivity index (χ4v) is 6.56. The zero-order chi connectivity index (χ0) is 15.6. The van der Waals surface area contributed by atoms with Gasteiger partial charge in [0.15, 0.2) is 8.32 Å². The molecule has 0 atom stereocenters. The van der Waals surface area contributed by atoms with Crippen LogP contribution in [0.25, 0.3) is 0 Å². The minimum absolute atomic E-state index is 0.0446. The highest BCUT2D eigenvalue weighted by Crippen LogP contribution is 2.28. The molecular weight excluding hydrogens is 276 g/mol. The smallest absolute Gasteiger partial charge is 0.192 e. The topological polar surface area (TPSA) is 29.5 Å². The molecule has 1 aliphatic rings. The fourth-order valence-electron chi connectivity index (χ4n) is 3.62. The third-order valence-electron chi connectivity index (χ3n) is 5.48. The lowest BCUT2D eigenvalue weighted by Gasteiger charge is -2.33. The highest BCUT2D eigenvalue weighted by molar-refractivity contribution is 6.73. The van der Waals surface area contributed by atoms with Gasteiger partial charge in [-0.2, -0.15) is 0 Å². The van der Waals surface area contributed by atoms with Crippen LogP contribution in [-0.4, -0.2) is 25.6 Å². The molecule has 0 aromatic heterocycles. The normalized spacial score (nSPS) is 26.9. The van der Waals surface area contributed by atoms with Crippen LogP contribution >= 0.6 is 0 Å². The van der Waals surface area contributed by atoms with Gasteiger partial charge in [-0.1, -0.05) is 59.3 Å². The molecule has 0 bridgehead atoms. The van der Waals surface area contributed by atoms with Crippen molar-refractivity contribution in [3.8, 4) is 0 Å². The van der Waals surface area contributed by atoms with Crippen molar-refractivity contribution in [2.24, 2.45) is 0 Å². The van der Waals surface area contributed by atoms with Crippen LogP contribution in [0, 0.1) is 0 Å². The first-order valence-electron chi connectivity index (χ1n) is 9.51. The van der Waals surface area contributed by atoms with E-state index in [2.05, 4.69) is 20.8 Å². The van der Waals surface area contributed by atoms with Crippen molar-refractivity contribution in [2.45, 2.75) is 115 Å². The highest BCUT2D eigenvalue weighted by atomic mass is 28.4. The Morgan fingerprint density at radius 2 is 1.19 bits per heavy atom. The van der Waals surface area contributed by atoms with Crippen LogP contribution in [0.15, 0.2) is 0 Å². The molecule has 1 rings (SSSR count). The predicted octanol–water partition coefficient (Wildman–Crippen LogP) is 5.65. The van der Waals surface area contributed by atoms with Gasteiger partial charge in [0.1, 0.15) is 0 Å². The summed E-state index contributed by atoms with van der Waals surface area (Å²) in [4.78, 5) is 0. The maximum absolute atomic E-state index is 9.87. The summed E-state index contributed by atoms with van der Waals surface area (Å²) in [5, 5.41) is 9.87. The molecule has 1 saturated carbocycles. The molecule has 0 aromatic rings. The molecule has 1 fully saturated rings. The molecular formula is C18H38O2Si. The molecule has 0 unspecified atom stereocenters. The number of aliphatic hydroxyl groups excluding tert-OH is 1. The Hall–Kier alpha value is 0.137. The first-order valence-corrected chi connectivity index (χ1v) is 12.0. The monoisotopic (exact) mass is 314 g/mol. The van der Waals surface area contributed by atoms with E-state index in [0.717, 1.165) is 12.8 Å². The molecule has 2 nitrogen and oxygen atoms in total. The van der Waals surface area contributed by atoms with Gasteiger partial charge in [-0.05, 0) is 43.8 Å². The molecule has 3 heteroatoms. The van der Waals surface area contributed by atoms with Gasteiger partial charge in [0.05, 0.1) is 6.10 Å². The average Bonchev–Trinajstić information content (AvgIpc) is 2.50. The van der Waals surface area contributed by atoms with Crippen LogP contribution in [-0.2, 0) is 4.43 Å². The Kier molecular flexibility index (Phi) is 9.86. The average molecular weight is 315 g/mol. The lowest BCUT2D eigenvalue weighted by atomic mass is 9.98. The van der Waals surface area contributed by atoms with Crippen molar-refractivity contribution >= 4 is 8.32 Å². The second kappa shape index (κ2) is 10.8. The van der Waals surface area contributed by atoms with E-state index in [1.807, 2.05) is 0 Å². The van der Waals surface area contributed by atoms with Gasteiger partial charge in [-0.3, -0.25) is 0 Å². The Morgan fingerprint density at radius 1 is 0.762 bits per heavy atom. The summed E-state index contributed by atoms with van der Waals surface area (Å²) < 4.78 is 6.74. The van der Waals surface area contributed by atoms with E-state index in [1.165, 1.54) is 69.5 Å². The van der Waals surface area contributed by atoms with E-state index in [4.69, 9.17) is 4.43 Å². The van der Waals surface area contributed by atoms with Crippen LogP contribution in [0.5, 0.6) is 0 Å². The molecule has 0 aliphatic heterocycles. The van der Waals surface area contributed by atoms with E-state index >= 15 is 0 Å². The molecule has 1 aliphatic carbocycles. The molecule has 0 heterocycles. The van der Waals surface area contributed by atoms with Gasteiger partial charge in [0.2, 0.25) is 0 Å². The summed E-state index contributed by atoms with van der Waals surface area (Å²) in [6, 6.07) is 3.80. The Bertz CT molecular complexity index is 231. The zero-order valence-corrected chi connectivity index (χ0v) is 15.7. The number of hydrogen-bond donors (Lipinski definition) is 1. The van der Waals surface area contributed by atoms with Crippen LogP contribution in [0.1, 0.15) is 85.0 Å². The van der Waals surface area contributed by atoms with Gasteiger partial charge in [0.25, 0.3) is 0 Å². The van der Waals surface area contributed by atoms with Gasteiger partial charge >= 0.3 is 0 Å². The van der Waals surface area contributed by atoms with Crippen molar-refractivity contribution in [1.29, 1.82) is 0 Å². The van der Waals surface area contributed by atoms with Crippen molar-refractivity contribution in [1.82, 2.24) is 0 Å². The van der Waals surface area contributed by atoms with Crippen LogP contribution in [0.2, 0.25) is 18.1 Å². The third-order valence-corrected chi connectivity index (χ3v) is 10.2. The number of hydrogen-bond acceptors (Lipinski definition) is 2. The standard InChI is InChI=1S/C18H38O2Si/c1-4-21(5-2,6-3)20-18-15-11-7-9-13-17(19)14-10-8-12-16-18/h17-19H,4-16H2,1-3H3. The summed E-state index contributed by atoms with van der Waals surface area (Å²) in [6.45, 7) is 6.99. The molecule has 21 heavy (non-hydrogen) atoms. The Morgan fingerprint density at radius 3 is 1.62 bits per heavy atom. The lowest BCUT2D eigenvalue weighted by molar-refractivity contribution is 0.135. The summed E-state index contributed by atoms with van der Waals surface area (Å²) >= 11 is 0. The van der Waals surface area contributed by atoms with Crippen molar-refractivity contribution in [2.75, 3.05) is 0 Å². The molecule has 0 amide bonds. The first-order chi connectivity index (χ1) is 10.2. The van der Waals surface area contributed by atoms with Crippen LogP contribution < -0.4 is 0 Å². The third kappa shape index (κ3) is 7.29. The Balaban J connectivity index is 2.50. The summed E-state index contributed by atoms with van der Waals surface area (Å²) in [5.41, 5.74) is 0. The van der Waals surface area contributed by atoms with E-state index < -0.39 is 8.32 Å². The van der Waals surface area contributed by atoms with Gasteiger partial charge in [-0.25, -0.2) is 0 Å². The van der Waals surface area contributed by atoms with Gasteiger partial charge in [-0.15, -0.1) is 0 Å². The molecule has 0 aromatic carbocycles. The molecule has 0 radical (unpaired) electrons. The molecule has 1 N–H and O–H groups in total. The van der Waals surface area contributed by atoms with E-state index in [-0.39, 0.29) is 6.10 Å². The van der Waals surface area contributed by atoms with E-state index in [1.54, 1.807) is 0 Å². The molecule has 0 spiro atoms. The maximum atomic E-state index is 9.87. The SMILES string of the molecule is CC[Si](CC)(CC)OC1CCCCCC(O)CCCCC1. The molecule has 0 saturated heterocycles. The summed E-state index contributed by atoms with van der Waals surface area (Å²) in [7, 11) is -1.45. The predicted molar refractivity (Wildman–Crippen MR) is 94.2 cm³/mol. The van der Waals surface area contributed by atoms with Crippen LogP contribution in [0.3, 0.4) is 0 Å². The minimum atomic E-state index is -1.45. The lowest BCUT2D eigenvalue weighted by Crippen LogP contribution is -2.40. The van der Waals surface area contributed by atoms with E-state index in [0.29, 0.717) is 6.10 Å². The van der Waals surface area contributed by atoms with Gasteiger partial charge in [0, 0.05) is 6.10 Å².